The second-order valence-electron chi connectivity index (χ2n) is 6.20. The lowest BCUT2D eigenvalue weighted by Gasteiger charge is -2.14. The molecule has 7 heteroatoms. The first-order valence-corrected chi connectivity index (χ1v) is 10.0. The van der Waals surface area contributed by atoms with Crippen LogP contribution in [0.4, 0.5) is 4.79 Å². The maximum absolute atomic E-state index is 11.9. The van der Waals surface area contributed by atoms with Crippen molar-refractivity contribution in [1.29, 1.82) is 0 Å². The number of hydrogen-bond acceptors (Lipinski definition) is 3. The molecule has 0 aliphatic rings. The number of halogens is 1. The van der Waals surface area contributed by atoms with E-state index in [1.54, 1.807) is 0 Å². The van der Waals surface area contributed by atoms with Gasteiger partial charge in [0.15, 0.2) is 0 Å². The predicted octanol–water partition coefficient (Wildman–Crippen LogP) is 3.52. The number of carbonyl (C=O) groups excluding carboxylic acids is 2. The van der Waals surface area contributed by atoms with Gasteiger partial charge in [0.05, 0.1) is 0 Å². The number of aliphatic carboxylic acids is 1. The van der Waals surface area contributed by atoms with Gasteiger partial charge in [-0.25, -0.2) is 9.59 Å². The lowest BCUT2D eigenvalue weighted by molar-refractivity contribution is -0.139. The summed E-state index contributed by atoms with van der Waals surface area (Å²) in [6.45, 7) is 2.22. The van der Waals surface area contributed by atoms with E-state index in [1.165, 1.54) is 9.13 Å². The molecule has 2 amide bonds. The van der Waals surface area contributed by atoms with Crippen molar-refractivity contribution in [3.05, 3.63) is 33.4 Å². The highest BCUT2D eigenvalue weighted by molar-refractivity contribution is 14.1. The molecule has 0 aliphatic heterocycles. The molecule has 6 nitrogen and oxygen atoms in total. The van der Waals surface area contributed by atoms with Gasteiger partial charge in [0.1, 0.15) is 11.8 Å². The number of carboxylic acids is 1. The van der Waals surface area contributed by atoms with Gasteiger partial charge in [-0.2, -0.15) is 0 Å². The quantitative estimate of drug-likeness (QED) is 0.317. The molecular weight excluding hydrogens is 451 g/mol. The van der Waals surface area contributed by atoms with Gasteiger partial charge in [-0.05, 0) is 66.0 Å². The van der Waals surface area contributed by atoms with Gasteiger partial charge in [-0.15, -0.1) is 0 Å². The van der Waals surface area contributed by atoms with Crippen LogP contribution in [0.25, 0.3) is 0 Å². The van der Waals surface area contributed by atoms with Crippen LogP contribution in [-0.2, 0) is 16.0 Å². The SMILES string of the molecule is CCC[C@H](NC(=O)NCCCC(=O)CCCc1ccc([131I])cc1)C(=O)O. The van der Waals surface area contributed by atoms with Gasteiger partial charge < -0.3 is 15.7 Å². The van der Waals surface area contributed by atoms with Crippen LogP contribution in [0.2, 0.25) is 0 Å². The summed E-state index contributed by atoms with van der Waals surface area (Å²) in [4.78, 5) is 34.5. The number of aryl methyl sites for hydroxylation is 1. The molecule has 1 atom stereocenters. The number of ketones is 1. The fraction of sp³-hybridized carbons (Fsp3) is 0.526. The first-order chi connectivity index (χ1) is 12.4. The molecule has 0 saturated heterocycles. The number of Topliss-reactive ketones (excluding diaryl/α,β-unsaturated/α-hetero) is 1. The first kappa shape index (κ1) is 22.4. The van der Waals surface area contributed by atoms with E-state index < -0.39 is 18.0 Å². The van der Waals surface area contributed by atoms with Crippen LogP contribution in [0.1, 0.15) is 51.0 Å². The van der Waals surface area contributed by atoms with Crippen LogP contribution in [-0.4, -0.2) is 35.5 Å². The Bertz CT molecular complexity index is 590. The topological polar surface area (TPSA) is 95.5 Å². The van der Waals surface area contributed by atoms with Gasteiger partial charge in [-0.3, -0.25) is 4.79 Å². The predicted molar refractivity (Wildman–Crippen MR) is 109 cm³/mol. The summed E-state index contributed by atoms with van der Waals surface area (Å²) in [5.74, 6) is -0.850. The largest absolute Gasteiger partial charge is 0.480 e. The van der Waals surface area contributed by atoms with Crippen molar-refractivity contribution >= 4 is 40.4 Å². The minimum Gasteiger partial charge on any atom is -0.480 e. The van der Waals surface area contributed by atoms with E-state index in [9.17, 15) is 14.4 Å². The lowest BCUT2D eigenvalue weighted by atomic mass is 10.0. The molecule has 0 heterocycles. The Morgan fingerprint density at radius 3 is 2.38 bits per heavy atom. The van der Waals surface area contributed by atoms with Gasteiger partial charge in [0, 0.05) is 23.0 Å². The number of benzene rings is 1. The van der Waals surface area contributed by atoms with Gasteiger partial charge in [0.25, 0.3) is 0 Å². The molecule has 1 rings (SSSR count). The zero-order valence-corrected chi connectivity index (χ0v) is 17.3. The highest BCUT2D eigenvalue weighted by atomic mass is 131. The maximum Gasteiger partial charge on any atom is 0.326 e. The standard InChI is InChI=1S/C19H27IN2O4/c1-2-5-17(18(24)25)22-19(26)21-13-4-8-16(23)7-3-6-14-9-11-15(20)12-10-14/h9-12,17H,2-8,13H2,1H3,(H,24,25)(H2,21,22,26)/t17-/m0/s1/i20+4. The van der Waals surface area contributed by atoms with Crippen LogP contribution in [0.15, 0.2) is 24.3 Å². The molecule has 3 N–H and O–H groups in total. The Hall–Kier alpha value is -1.64. The van der Waals surface area contributed by atoms with Crippen LogP contribution in [0, 0.1) is 3.57 Å². The van der Waals surface area contributed by atoms with Crippen molar-refractivity contribution in [2.75, 3.05) is 6.54 Å². The van der Waals surface area contributed by atoms with Gasteiger partial charge >= 0.3 is 12.0 Å². The van der Waals surface area contributed by atoms with Crippen molar-refractivity contribution in [1.82, 2.24) is 10.6 Å². The maximum atomic E-state index is 11.9. The van der Waals surface area contributed by atoms with Crippen LogP contribution >= 0.6 is 22.6 Å². The van der Waals surface area contributed by atoms with Crippen molar-refractivity contribution in [3.8, 4) is 0 Å². The third-order valence-corrected chi connectivity index (χ3v) is 4.65. The highest BCUT2D eigenvalue weighted by Gasteiger charge is 2.18. The second kappa shape index (κ2) is 12.7. The molecule has 0 fully saturated rings. The van der Waals surface area contributed by atoms with E-state index in [0.717, 1.165) is 12.8 Å². The normalized spacial score (nSPS) is 11.6. The minimum atomic E-state index is -1.04. The molecule has 0 saturated carbocycles. The summed E-state index contributed by atoms with van der Waals surface area (Å²) in [6.07, 6.45) is 4.29. The molecular formula is C19H27IN2O4. The first-order valence-electron chi connectivity index (χ1n) is 8.95. The Balaban J connectivity index is 2.12. The van der Waals surface area contributed by atoms with E-state index in [1.807, 2.05) is 6.92 Å². The number of rotatable bonds is 12. The summed E-state index contributed by atoms with van der Waals surface area (Å²) in [5, 5.41) is 14.0. The third kappa shape index (κ3) is 9.74. The number of urea groups is 1. The molecule has 0 bridgehead atoms. The van der Waals surface area contributed by atoms with Crippen LogP contribution in [0.5, 0.6) is 0 Å². The Labute approximate surface area is 168 Å². The molecule has 0 radical (unpaired) electrons. The fourth-order valence-electron chi connectivity index (χ4n) is 2.51. The summed E-state index contributed by atoms with van der Waals surface area (Å²) >= 11 is 2.26. The third-order valence-electron chi connectivity index (χ3n) is 3.93. The zero-order chi connectivity index (χ0) is 19.4. The molecule has 0 aromatic heterocycles. The number of hydrogen-bond donors (Lipinski definition) is 3. The smallest absolute Gasteiger partial charge is 0.326 e. The lowest BCUT2D eigenvalue weighted by Crippen LogP contribution is -2.46. The number of carboxylic acid groups (broad SMARTS) is 1. The van der Waals surface area contributed by atoms with E-state index in [0.29, 0.717) is 38.6 Å². The van der Waals surface area contributed by atoms with Crippen molar-refractivity contribution in [3.63, 3.8) is 0 Å². The number of amides is 2. The highest BCUT2D eigenvalue weighted by Crippen LogP contribution is 2.10. The Kier molecular flexibility index (Phi) is 10.9. The van der Waals surface area contributed by atoms with Gasteiger partial charge in [0.2, 0.25) is 0 Å². The zero-order valence-electron chi connectivity index (χ0n) is 15.1. The van der Waals surface area contributed by atoms with E-state index in [-0.39, 0.29) is 5.78 Å². The molecule has 0 aliphatic carbocycles. The van der Waals surface area contributed by atoms with Crippen molar-refractivity contribution < 1.29 is 19.5 Å². The summed E-state index contributed by atoms with van der Waals surface area (Å²) < 4.78 is 1.20. The number of carbonyl (C=O) groups is 3. The second-order valence-corrected chi connectivity index (χ2v) is 7.45. The average molecular weight is 478 g/mol. The molecule has 0 unspecified atom stereocenters. The van der Waals surface area contributed by atoms with Crippen LogP contribution in [0.3, 0.4) is 0 Å². The molecule has 144 valence electrons. The van der Waals surface area contributed by atoms with E-state index >= 15 is 0 Å². The average Bonchev–Trinajstić information content (AvgIpc) is 2.60. The van der Waals surface area contributed by atoms with Gasteiger partial charge in [-0.1, -0.05) is 25.5 Å². The summed E-state index contributed by atoms with van der Waals surface area (Å²) in [6, 6.07) is 6.91. The van der Waals surface area contributed by atoms with E-state index in [2.05, 4.69) is 57.5 Å². The Morgan fingerprint density at radius 1 is 1.12 bits per heavy atom. The minimum absolute atomic E-state index is 0.187. The van der Waals surface area contributed by atoms with Crippen LogP contribution < -0.4 is 10.6 Å². The van der Waals surface area contributed by atoms with E-state index in [4.69, 9.17) is 5.11 Å². The Morgan fingerprint density at radius 2 is 1.77 bits per heavy atom. The monoisotopic (exact) mass is 478 g/mol. The molecule has 0 spiro atoms. The van der Waals surface area contributed by atoms with Crippen molar-refractivity contribution in [2.45, 2.75) is 57.9 Å². The van der Waals surface area contributed by atoms with Crippen molar-refractivity contribution in [2.24, 2.45) is 0 Å². The summed E-state index contributed by atoms with van der Waals surface area (Å²) in [7, 11) is 0. The molecule has 1 aromatic carbocycles. The fourth-order valence-corrected chi connectivity index (χ4v) is 2.87. The molecule has 1 aromatic rings. The summed E-state index contributed by atoms with van der Waals surface area (Å²) in [5.41, 5.74) is 1.23. The number of nitrogens with one attached hydrogen (secondary N) is 2. The molecule has 26 heavy (non-hydrogen) atoms.